The molecule has 172 valence electrons. The molecule has 2 heterocycles. The fourth-order valence-electron chi connectivity index (χ4n) is 4.34. The summed E-state index contributed by atoms with van der Waals surface area (Å²) in [6, 6.07) is 16.8. The van der Waals surface area contributed by atoms with Crippen LogP contribution in [0.25, 0.3) is 11.4 Å². The standard InChI is InChI=1S/C27H33N5O/c1-19-11-12-20(2)23(17-19)18-24-21(3)28-25(22-9-7-6-8-10-22)29-26(24)31-13-15-32(16-14-31)27(33)30(4)5/h6-12,17H,13-16,18H2,1-5H3. The Bertz CT molecular complexity index is 1130. The molecular weight excluding hydrogens is 410 g/mol. The Hall–Kier alpha value is -3.41. The van der Waals surface area contributed by atoms with E-state index in [9.17, 15) is 4.79 Å². The van der Waals surface area contributed by atoms with Crippen LogP contribution in [0.3, 0.4) is 0 Å². The molecule has 3 aromatic rings. The van der Waals surface area contributed by atoms with E-state index in [-0.39, 0.29) is 6.03 Å². The van der Waals surface area contributed by atoms with Gasteiger partial charge in [0.1, 0.15) is 5.82 Å². The third-order valence-corrected chi connectivity index (χ3v) is 6.33. The van der Waals surface area contributed by atoms with E-state index in [1.807, 2.05) is 23.1 Å². The van der Waals surface area contributed by atoms with Crippen molar-refractivity contribution in [3.05, 3.63) is 76.5 Å². The van der Waals surface area contributed by atoms with Gasteiger partial charge < -0.3 is 14.7 Å². The molecule has 1 aliphatic rings. The fourth-order valence-corrected chi connectivity index (χ4v) is 4.34. The van der Waals surface area contributed by atoms with Crippen molar-refractivity contribution in [1.82, 2.24) is 19.8 Å². The largest absolute Gasteiger partial charge is 0.353 e. The summed E-state index contributed by atoms with van der Waals surface area (Å²) >= 11 is 0. The number of hydrogen-bond donors (Lipinski definition) is 0. The van der Waals surface area contributed by atoms with E-state index in [1.54, 1.807) is 19.0 Å². The van der Waals surface area contributed by atoms with Crippen LogP contribution in [0.2, 0.25) is 0 Å². The monoisotopic (exact) mass is 443 g/mol. The molecule has 0 saturated carbocycles. The average molecular weight is 444 g/mol. The van der Waals surface area contributed by atoms with E-state index in [0.29, 0.717) is 13.1 Å². The average Bonchev–Trinajstić information content (AvgIpc) is 2.82. The first-order chi connectivity index (χ1) is 15.8. The molecule has 4 rings (SSSR count). The first-order valence-electron chi connectivity index (χ1n) is 11.5. The van der Waals surface area contributed by atoms with Crippen LogP contribution in [-0.2, 0) is 6.42 Å². The van der Waals surface area contributed by atoms with Crippen molar-refractivity contribution in [2.24, 2.45) is 0 Å². The topological polar surface area (TPSA) is 52.6 Å². The molecule has 1 aromatic heterocycles. The summed E-state index contributed by atoms with van der Waals surface area (Å²) < 4.78 is 0. The van der Waals surface area contributed by atoms with Gasteiger partial charge in [0.25, 0.3) is 0 Å². The molecule has 0 atom stereocenters. The van der Waals surface area contributed by atoms with Crippen LogP contribution in [0.1, 0.15) is 27.9 Å². The van der Waals surface area contributed by atoms with Crippen LogP contribution in [0.5, 0.6) is 0 Å². The van der Waals surface area contributed by atoms with Gasteiger partial charge in [-0.05, 0) is 31.9 Å². The number of urea groups is 1. The van der Waals surface area contributed by atoms with Crippen LogP contribution in [0.15, 0.2) is 48.5 Å². The van der Waals surface area contributed by atoms with Crippen molar-refractivity contribution in [2.75, 3.05) is 45.2 Å². The molecule has 2 amide bonds. The molecular formula is C27H33N5O. The quantitative estimate of drug-likeness (QED) is 0.597. The third kappa shape index (κ3) is 5.00. The number of piperazine rings is 1. The summed E-state index contributed by atoms with van der Waals surface area (Å²) in [5.74, 6) is 1.74. The second-order valence-corrected chi connectivity index (χ2v) is 9.06. The number of aryl methyl sites for hydroxylation is 3. The summed E-state index contributed by atoms with van der Waals surface area (Å²) in [5.41, 5.74) is 7.02. The minimum Gasteiger partial charge on any atom is -0.353 e. The van der Waals surface area contributed by atoms with E-state index in [4.69, 9.17) is 9.97 Å². The first kappa shape index (κ1) is 22.8. The summed E-state index contributed by atoms with van der Waals surface area (Å²) in [6.45, 7) is 9.26. The molecule has 2 aromatic carbocycles. The van der Waals surface area contributed by atoms with Gasteiger partial charge in [0, 0.05) is 63.5 Å². The number of benzene rings is 2. The van der Waals surface area contributed by atoms with Crippen LogP contribution >= 0.6 is 0 Å². The van der Waals surface area contributed by atoms with E-state index in [0.717, 1.165) is 48.0 Å². The van der Waals surface area contributed by atoms with Gasteiger partial charge >= 0.3 is 6.03 Å². The maximum atomic E-state index is 12.4. The number of hydrogen-bond acceptors (Lipinski definition) is 4. The number of carbonyl (C=O) groups excluding carboxylic acids is 1. The Kier molecular flexibility index (Phi) is 6.63. The zero-order chi connectivity index (χ0) is 23.5. The number of nitrogens with zero attached hydrogens (tertiary/aromatic N) is 5. The molecule has 1 saturated heterocycles. The Morgan fingerprint density at radius 3 is 2.30 bits per heavy atom. The second-order valence-electron chi connectivity index (χ2n) is 9.06. The number of aromatic nitrogens is 2. The summed E-state index contributed by atoms with van der Waals surface area (Å²) in [6.07, 6.45) is 0.792. The van der Waals surface area contributed by atoms with Crippen molar-refractivity contribution in [2.45, 2.75) is 27.2 Å². The maximum absolute atomic E-state index is 12.4. The van der Waals surface area contributed by atoms with Crippen LogP contribution in [-0.4, -0.2) is 66.1 Å². The minimum atomic E-state index is 0.0640. The van der Waals surface area contributed by atoms with Gasteiger partial charge in [-0.25, -0.2) is 14.8 Å². The van der Waals surface area contributed by atoms with Gasteiger partial charge in [-0.1, -0.05) is 54.1 Å². The zero-order valence-electron chi connectivity index (χ0n) is 20.3. The molecule has 0 unspecified atom stereocenters. The van der Waals surface area contributed by atoms with Crippen LogP contribution < -0.4 is 4.90 Å². The molecule has 6 heteroatoms. The summed E-state index contributed by atoms with van der Waals surface area (Å²) in [5, 5.41) is 0. The van der Waals surface area contributed by atoms with Gasteiger partial charge in [-0.2, -0.15) is 0 Å². The Labute approximate surface area is 196 Å². The normalized spacial score (nSPS) is 13.8. The highest BCUT2D eigenvalue weighted by Gasteiger charge is 2.26. The molecule has 1 aliphatic heterocycles. The van der Waals surface area contributed by atoms with Crippen molar-refractivity contribution in [3.8, 4) is 11.4 Å². The second kappa shape index (κ2) is 9.61. The zero-order valence-corrected chi connectivity index (χ0v) is 20.3. The highest BCUT2D eigenvalue weighted by atomic mass is 16.2. The predicted molar refractivity (Wildman–Crippen MR) is 134 cm³/mol. The lowest BCUT2D eigenvalue weighted by atomic mass is 9.97. The smallest absolute Gasteiger partial charge is 0.319 e. The first-order valence-corrected chi connectivity index (χ1v) is 11.5. The van der Waals surface area contributed by atoms with E-state index in [1.165, 1.54) is 16.7 Å². The summed E-state index contributed by atoms with van der Waals surface area (Å²) in [7, 11) is 3.60. The molecule has 1 fully saturated rings. The van der Waals surface area contributed by atoms with Crippen molar-refractivity contribution in [3.63, 3.8) is 0 Å². The van der Waals surface area contributed by atoms with E-state index in [2.05, 4.69) is 56.0 Å². The van der Waals surface area contributed by atoms with Gasteiger partial charge in [-0.15, -0.1) is 0 Å². The molecule has 0 spiro atoms. The Morgan fingerprint density at radius 2 is 1.64 bits per heavy atom. The molecule has 0 N–H and O–H groups in total. The molecule has 33 heavy (non-hydrogen) atoms. The SMILES string of the molecule is Cc1ccc(C)c(Cc2c(C)nc(-c3ccccc3)nc2N2CCN(C(=O)N(C)C)CC2)c1. The summed E-state index contributed by atoms with van der Waals surface area (Å²) in [4.78, 5) is 28.3. The van der Waals surface area contributed by atoms with Crippen LogP contribution in [0.4, 0.5) is 10.6 Å². The lowest BCUT2D eigenvalue weighted by Crippen LogP contribution is -2.52. The fraction of sp³-hybridized carbons (Fsp3) is 0.370. The van der Waals surface area contributed by atoms with Gasteiger partial charge in [0.15, 0.2) is 5.82 Å². The molecule has 6 nitrogen and oxygen atoms in total. The number of anilines is 1. The van der Waals surface area contributed by atoms with Crippen molar-refractivity contribution >= 4 is 11.8 Å². The predicted octanol–water partition coefficient (Wildman–Crippen LogP) is 4.46. The molecule has 0 radical (unpaired) electrons. The third-order valence-electron chi connectivity index (χ3n) is 6.33. The van der Waals surface area contributed by atoms with Crippen molar-refractivity contribution in [1.29, 1.82) is 0 Å². The highest BCUT2D eigenvalue weighted by Crippen LogP contribution is 2.29. The highest BCUT2D eigenvalue weighted by molar-refractivity contribution is 5.74. The van der Waals surface area contributed by atoms with Crippen LogP contribution in [0, 0.1) is 20.8 Å². The lowest BCUT2D eigenvalue weighted by molar-refractivity contribution is 0.168. The van der Waals surface area contributed by atoms with Gasteiger partial charge in [0.05, 0.1) is 0 Å². The Balaban J connectivity index is 1.72. The van der Waals surface area contributed by atoms with E-state index >= 15 is 0 Å². The lowest BCUT2D eigenvalue weighted by Gasteiger charge is -2.37. The maximum Gasteiger partial charge on any atom is 0.319 e. The molecule has 0 aliphatic carbocycles. The number of amides is 2. The van der Waals surface area contributed by atoms with Gasteiger partial charge in [-0.3, -0.25) is 0 Å². The van der Waals surface area contributed by atoms with Gasteiger partial charge in [0.2, 0.25) is 0 Å². The van der Waals surface area contributed by atoms with E-state index < -0.39 is 0 Å². The number of carbonyl (C=O) groups is 1. The number of rotatable bonds is 4. The minimum absolute atomic E-state index is 0.0640. The molecule has 0 bridgehead atoms. The van der Waals surface area contributed by atoms with Crippen molar-refractivity contribution < 1.29 is 4.79 Å². The Morgan fingerprint density at radius 1 is 0.939 bits per heavy atom.